The normalized spacial score (nSPS) is 15.5. The Morgan fingerprint density at radius 2 is 2.00 bits per heavy atom. The molecule has 1 N–H and O–H groups in total. The zero-order valence-electron chi connectivity index (χ0n) is 13.5. The average Bonchev–Trinajstić information content (AvgIpc) is 2.88. The van der Waals surface area contributed by atoms with Crippen LogP contribution >= 0.6 is 39.3 Å². The largest absolute Gasteiger partial charge is 0.324 e. The third-order valence-electron chi connectivity index (χ3n) is 3.57. The number of hydrogen-bond acceptors (Lipinski definition) is 4. The van der Waals surface area contributed by atoms with Gasteiger partial charge in [-0.1, -0.05) is 29.8 Å². The first-order valence-electron chi connectivity index (χ1n) is 7.60. The monoisotopic (exact) mass is 468 g/mol. The van der Waals surface area contributed by atoms with Crippen LogP contribution in [0.1, 0.15) is 5.56 Å². The number of anilines is 1. The Morgan fingerprint density at radius 3 is 2.70 bits per heavy atom. The Bertz CT molecular complexity index is 983. The predicted molar refractivity (Wildman–Crippen MR) is 107 cm³/mol. The number of imide groups is 1. The summed E-state index contributed by atoms with van der Waals surface area (Å²) in [6.07, 6.45) is 1.30. The second kappa shape index (κ2) is 8.24. The minimum absolute atomic E-state index is 0.0598. The van der Waals surface area contributed by atoms with E-state index in [0.29, 0.717) is 26.9 Å². The average molecular weight is 470 g/mol. The second-order valence-electron chi connectivity index (χ2n) is 5.47. The van der Waals surface area contributed by atoms with Gasteiger partial charge in [0.25, 0.3) is 11.1 Å². The van der Waals surface area contributed by atoms with Crippen LogP contribution in [0.15, 0.2) is 51.8 Å². The standard InChI is InChI=1S/C18H11BrClFN2O3S/c19-12-6-5-11(8-13(12)20)22-16(24)9-23-17(25)15(27-18(23)26)7-10-3-1-2-4-14(10)21/h1-8H,9H2,(H,22,24)/b15-7+. The van der Waals surface area contributed by atoms with Crippen molar-refractivity contribution in [2.45, 2.75) is 0 Å². The number of nitrogens with zero attached hydrogens (tertiary/aromatic N) is 1. The van der Waals surface area contributed by atoms with Crippen LogP contribution in [0.25, 0.3) is 6.08 Å². The molecule has 0 atom stereocenters. The van der Waals surface area contributed by atoms with Crippen molar-refractivity contribution in [3.8, 4) is 0 Å². The lowest BCUT2D eigenvalue weighted by atomic mass is 10.2. The number of halogens is 3. The fourth-order valence-electron chi connectivity index (χ4n) is 2.29. The summed E-state index contributed by atoms with van der Waals surface area (Å²) in [6, 6.07) is 10.7. The van der Waals surface area contributed by atoms with Gasteiger partial charge >= 0.3 is 0 Å². The van der Waals surface area contributed by atoms with Crippen LogP contribution in [0.5, 0.6) is 0 Å². The first-order valence-corrected chi connectivity index (χ1v) is 9.58. The van der Waals surface area contributed by atoms with Crippen LogP contribution < -0.4 is 5.32 Å². The Balaban J connectivity index is 1.71. The van der Waals surface area contributed by atoms with E-state index < -0.39 is 29.4 Å². The van der Waals surface area contributed by atoms with E-state index >= 15 is 0 Å². The van der Waals surface area contributed by atoms with Crippen molar-refractivity contribution < 1.29 is 18.8 Å². The molecule has 0 saturated carbocycles. The number of carbonyl (C=O) groups is 3. The van der Waals surface area contributed by atoms with Crippen LogP contribution in [-0.4, -0.2) is 28.5 Å². The number of rotatable bonds is 4. The molecule has 1 saturated heterocycles. The van der Waals surface area contributed by atoms with Crippen molar-refractivity contribution in [1.82, 2.24) is 4.90 Å². The van der Waals surface area contributed by atoms with Gasteiger partial charge in [-0.05, 0) is 58.0 Å². The molecule has 138 valence electrons. The highest BCUT2D eigenvalue weighted by molar-refractivity contribution is 9.10. The zero-order chi connectivity index (χ0) is 19.6. The Labute approximate surface area is 171 Å². The molecule has 1 fully saturated rings. The molecule has 9 heteroatoms. The molecule has 27 heavy (non-hydrogen) atoms. The molecule has 1 heterocycles. The van der Waals surface area contributed by atoms with Crippen molar-refractivity contribution >= 4 is 68.1 Å². The summed E-state index contributed by atoms with van der Waals surface area (Å²) in [5.41, 5.74) is 0.624. The third kappa shape index (κ3) is 4.58. The fourth-order valence-corrected chi connectivity index (χ4v) is 3.54. The van der Waals surface area contributed by atoms with Crippen molar-refractivity contribution in [2.24, 2.45) is 0 Å². The van der Waals surface area contributed by atoms with Gasteiger partial charge in [-0.2, -0.15) is 0 Å². The maximum atomic E-state index is 13.7. The molecule has 1 aliphatic heterocycles. The van der Waals surface area contributed by atoms with Crippen molar-refractivity contribution in [2.75, 3.05) is 11.9 Å². The summed E-state index contributed by atoms with van der Waals surface area (Å²) < 4.78 is 14.4. The van der Waals surface area contributed by atoms with E-state index in [-0.39, 0.29) is 10.5 Å². The van der Waals surface area contributed by atoms with E-state index in [0.717, 1.165) is 4.90 Å². The minimum atomic E-state index is -0.641. The molecular weight excluding hydrogens is 459 g/mol. The van der Waals surface area contributed by atoms with Crippen LogP contribution in [0.3, 0.4) is 0 Å². The van der Waals surface area contributed by atoms with Crippen LogP contribution in [-0.2, 0) is 9.59 Å². The Hall–Kier alpha value is -2.16. The van der Waals surface area contributed by atoms with E-state index in [1.165, 1.54) is 30.3 Å². The Kier molecular flexibility index (Phi) is 5.98. The van der Waals surface area contributed by atoms with Crippen LogP contribution in [0.4, 0.5) is 14.9 Å². The van der Waals surface area contributed by atoms with Gasteiger partial charge in [-0.3, -0.25) is 19.3 Å². The minimum Gasteiger partial charge on any atom is -0.324 e. The van der Waals surface area contributed by atoms with Gasteiger partial charge in [0.1, 0.15) is 12.4 Å². The van der Waals surface area contributed by atoms with Gasteiger partial charge in [0, 0.05) is 15.7 Å². The number of thioether (sulfide) groups is 1. The Morgan fingerprint density at radius 1 is 1.26 bits per heavy atom. The van der Waals surface area contributed by atoms with Crippen LogP contribution in [0, 0.1) is 5.82 Å². The summed E-state index contributed by atoms with van der Waals surface area (Å²) in [5, 5.41) is 2.39. The lowest BCUT2D eigenvalue weighted by Gasteiger charge is -2.12. The van der Waals surface area contributed by atoms with Gasteiger partial charge in [0.15, 0.2) is 0 Å². The number of amides is 3. The molecule has 3 rings (SSSR count). The van der Waals surface area contributed by atoms with E-state index in [9.17, 15) is 18.8 Å². The predicted octanol–water partition coefficient (Wildman–Crippen LogP) is 4.92. The molecule has 0 aromatic heterocycles. The quantitative estimate of drug-likeness (QED) is 0.646. The van der Waals surface area contributed by atoms with E-state index in [4.69, 9.17) is 11.6 Å². The van der Waals surface area contributed by atoms with E-state index in [2.05, 4.69) is 21.2 Å². The van der Waals surface area contributed by atoms with Gasteiger partial charge in [0.05, 0.1) is 9.93 Å². The highest BCUT2D eigenvalue weighted by Gasteiger charge is 2.36. The SMILES string of the molecule is O=C(CN1C(=O)S/C(=C/c2ccccc2F)C1=O)Nc1ccc(Br)c(Cl)c1. The summed E-state index contributed by atoms with van der Waals surface area (Å²) in [5.74, 6) is -1.70. The summed E-state index contributed by atoms with van der Waals surface area (Å²) >= 11 is 9.87. The van der Waals surface area contributed by atoms with Gasteiger partial charge < -0.3 is 5.32 Å². The topological polar surface area (TPSA) is 66.5 Å². The molecule has 0 radical (unpaired) electrons. The highest BCUT2D eigenvalue weighted by Crippen LogP contribution is 2.32. The van der Waals surface area contributed by atoms with E-state index in [1.807, 2.05) is 0 Å². The summed E-state index contributed by atoms with van der Waals surface area (Å²) in [6.45, 7) is -0.451. The molecule has 3 amide bonds. The van der Waals surface area contributed by atoms with Crippen molar-refractivity contribution in [3.63, 3.8) is 0 Å². The lowest BCUT2D eigenvalue weighted by Crippen LogP contribution is -2.36. The molecular formula is C18H11BrClFN2O3S. The molecule has 0 spiro atoms. The van der Waals surface area contributed by atoms with Gasteiger partial charge in [-0.25, -0.2) is 4.39 Å². The molecule has 0 aliphatic carbocycles. The number of nitrogens with one attached hydrogen (secondary N) is 1. The first kappa shape index (κ1) is 19.6. The van der Waals surface area contributed by atoms with E-state index in [1.54, 1.807) is 18.2 Å². The second-order valence-corrected chi connectivity index (χ2v) is 7.72. The third-order valence-corrected chi connectivity index (χ3v) is 5.71. The molecule has 0 unspecified atom stereocenters. The van der Waals surface area contributed by atoms with Crippen molar-refractivity contribution in [3.05, 3.63) is 68.2 Å². The molecule has 2 aromatic carbocycles. The number of hydrogen-bond donors (Lipinski definition) is 1. The number of benzene rings is 2. The van der Waals surface area contributed by atoms with Crippen LogP contribution in [0.2, 0.25) is 5.02 Å². The maximum absolute atomic E-state index is 13.7. The van der Waals surface area contributed by atoms with Crippen molar-refractivity contribution in [1.29, 1.82) is 0 Å². The zero-order valence-corrected chi connectivity index (χ0v) is 16.7. The fraction of sp³-hybridized carbons (Fsp3) is 0.0556. The smallest absolute Gasteiger partial charge is 0.294 e. The number of carbonyl (C=O) groups excluding carboxylic acids is 3. The summed E-state index contributed by atoms with van der Waals surface area (Å²) in [7, 11) is 0. The molecule has 0 bridgehead atoms. The molecule has 5 nitrogen and oxygen atoms in total. The molecule has 1 aliphatic rings. The maximum Gasteiger partial charge on any atom is 0.294 e. The van der Waals surface area contributed by atoms with Gasteiger partial charge in [-0.15, -0.1) is 0 Å². The highest BCUT2D eigenvalue weighted by atomic mass is 79.9. The summed E-state index contributed by atoms with van der Waals surface area (Å²) in [4.78, 5) is 37.5. The lowest BCUT2D eigenvalue weighted by molar-refractivity contribution is -0.127. The first-order chi connectivity index (χ1) is 12.8. The van der Waals surface area contributed by atoms with Gasteiger partial charge in [0.2, 0.25) is 5.91 Å². The molecule has 2 aromatic rings.